The maximum atomic E-state index is 12.7. The molecule has 2 N–H and O–H groups in total. The summed E-state index contributed by atoms with van der Waals surface area (Å²) in [4.78, 5) is 49.8. The summed E-state index contributed by atoms with van der Waals surface area (Å²) in [6, 6.07) is 16.0. The van der Waals surface area contributed by atoms with Crippen LogP contribution in [-0.2, 0) is 30.3 Å². The number of amides is 3. The van der Waals surface area contributed by atoms with E-state index >= 15 is 0 Å². The van der Waals surface area contributed by atoms with Gasteiger partial charge in [-0.15, -0.1) is 0 Å². The molecule has 0 unspecified atom stereocenters. The van der Waals surface area contributed by atoms with Gasteiger partial charge in [-0.25, -0.2) is 0 Å². The van der Waals surface area contributed by atoms with Crippen LogP contribution in [0.4, 0.5) is 11.4 Å². The fourth-order valence-corrected chi connectivity index (χ4v) is 2.95. The van der Waals surface area contributed by atoms with Crippen molar-refractivity contribution in [3.05, 3.63) is 60.2 Å². The number of anilines is 2. The summed E-state index contributed by atoms with van der Waals surface area (Å²) >= 11 is 0. The zero-order valence-electron chi connectivity index (χ0n) is 15.9. The second-order valence-corrected chi connectivity index (χ2v) is 6.56. The Labute approximate surface area is 167 Å². The van der Waals surface area contributed by atoms with Gasteiger partial charge in [0.15, 0.2) is 6.10 Å². The molecule has 0 spiro atoms. The average Bonchev–Trinajstić information content (AvgIpc) is 2.71. The second kappa shape index (κ2) is 9.01. The smallest absolute Gasteiger partial charge is 0.326 e. The lowest BCUT2D eigenvalue weighted by atomic mass is 10.1. The molecule has 0 saturated heterocycles. The summed E-state index contributed by atoms with van der Waals surface area (Å²) in [5, 5.41) is 5.16. The van der Waals surface area contributed by atoms with Gasteiger partial charge in [0.1, 0.15) is 13.1 Å². The van der Waals surface area contributed by atoms with Crippen molar-refractivity contribution in [2.45, 2.75) is 19.4 Å². The number of fused-ring (bicyclic) bond motifs is 1. The number of esters is 1. The van der Waals surface area contributed by atoms with Crippen LogP contribution in [-0.4, -0.2) is 42.9 Å². The van der Waals surface area contributed by atoms with E-state index in [1.807, 2.05) is 30.3 Å². The van der Waals surface area contributed by atoms with Crippen LogP contribution in [0.5, 0.6) is 0 Å². The van der Waals surface area contributed by atoms with Crippen LogP contribution in [0.2, 0.25) is 0 Å². The second-order valence-electron chi connectivity index (χ2n) is 6.56. The maximum absolute atomic E-state index is 12.7. The lowest BCUT2D eigenvalue weighted by molar-refractivity contribution is -0.153. The molecule has 29 heavy (non-hydrogen) atoms. The molecule has 1 heterocycles. The fourth-order valence-electron chi connectivity index (χ4n) is 2.95. The van der Waals surface area contributed by atoms with Gasteiger partial charge in [-0.05, 0) is 24.6 Å². The van der Waals surface area contributed by atoms with Gasteiger partial charge in [0.05, 0.1) is 17.8 Å². The molecular weight excluding hydrogens is 374 g/mol. The van der Waals surface area contributed by atoms with Gasteiger partial charge in [0.25, 0.3) is 5.91 Å². The molecule has 1 aliphatic heterocycles. The highest BCUT2D eigenvalue weighted by molar-refractivity contribution is 6.11. The van der Waals surface area contributed by atoms with Crippen LogP contribution in [0.25, 0.3) is 0 Å². The van der Waals surface area contributed by atoms with Gasteiger partial charge >= 0.3 is 5.97 Å². The predicted octanol–water partition coefficient (Wildman–Crippen LogP) is 1.26. The third-order valence-corrected chi connectivity index (χ3v) is 4.33. The van der Waals surface area contributed by atoms with Gasteiger partial charge in [-0.1, -0.05) is 42.5 Å². The Kier molecular flexibility index (Phi) is 6.23. The Bertz CT molecular complexity index is 929. The van der Waals surface area contributed by atoms with E-state index in [1.165, 1.54) is 11.8 Å². The van der Waals surface area contributed by atoms with Crippen LogP contribution in [0.1, 0.15) is 12.5 Å². The number of para-hydroxylation sites is 2. The molecule has 1 aliphatic rings. The zero-order chi connectivity index (χ0) is 20.8. The monoisotopic (exact) mass is 395 g/mol. The van der Waals surface area contributed by atoms with Crippen LogP contribution in [0.15, 0.2) is 54.6 Å². The van der Waals surface area contributed by atoms with Crippen LogP contribution >= 0.6 is 0 Å². The van der Waals surface area contributed by atoms with E-state index in [0.717, 1.165) is 5.56 Å². The number of carbonyl (C=O) groups excluding carboxylic acids is 4. The number of hydrogen-bond acceptors (Lipinski definition) is 5. The SMILES string of the molecule is C[C@@H](OC(=O)CNC(=O)Cc1ccccc1)C(=O)N1CC(=O)Nc2ccccc21. The standard InChI is InChI=1S/C21H21N3O5/c1-14(21(28)24-13-19(26)23-16-9-5-6-10-17(16)24)29-20(27)12-22-18(25)11-15-7-3-2-4-8-15/h2-10,14H,11-13H2,1H3,(H,22,25)(H,23,26)/t14-/m1/s1. The van der Waals surface area contributed by atoms with E-state index in [-0.39, 0.29) is 31.3 Å². The van der Waals surface area contributed by atoms with E-state index in [0.29, 0.717) is 11.4 Å². The molecule has 0 fully saturated rings. The number of benzene rings is 2. The highest BCUT2D eigenvalue weighted by Crippen LogP contribution is 2.29. The Hall–Kier alpha value is -3.68. The molecule has 3 amide bonds. The van der Waals surface area contributed by atoms with Crippen LogP contribution in [0, 0.1) is 0 Å². The van der Waals surface area contributed by atoms with Crippen molar-refractivity contribution in [3.8, 4) is 0 Å². The number of ether oxygens (including phenoxy) is 1. The summed E-state index contributed by atoms with van der Waals surface area (Å²) in [5.41, 5.74) is 1.88. The van der Waals surface area contributed by atoms with E-state index in [2.05, 4.69) is 10.6 Å². The number of hydrogen-bond donors (Lipinski definition) is 2. The minimum Gasteiger partial charge on any atom is -0.451 e. The van der Waals surface area contributed by atoms with Gasteiger partial charge in [-0.3, -0.25) is 24.1 Å². The normalized spacial score (nSPS) is 13.7. The molecule has 2 aromatic carbocycles. The van der Waals surface area contributed by atoms with Gasteiger partial charge in [0, 0.05) is 0 Å². The van der Waals surface area contributed by atoms with Crippen molar-refractivity contribution < 1.29 is 23.9 Å². The predicted molar refractivity (Wildman–Crippen MR) is 106 cm³/mol. The minimum atomic E-state index is -1.10. The first kappa shape index (κ1) is 20.1. The highest BCUT2D eigenvalue weighted by atomic mass is 16.5. The molecule has 2 aromatic rings. The quantitative estimate of drug-likeness (QED) is 0.717. The first-order chi connectivity index (χ1) is 13.9. The third kappa shape index (κ3) is 5.19. The van der Waals surface area contributed by atoms with Gasteiger partial charge in [0.2, 0.25) is 11.8 Å². The van der Waals surface area contributed by atoms with Crippen molar-refractivity contribution in [2.24, 2.45) is 0 Å². The first-order valence-electron chi connectivity index (χ1n) is 9.14. The molecular formula is C21H21N3O5. The fraction of sp³-hybridized carbons (Fsp3) is 0.238. The van der Waals surface area contributed by atoms with E-state index in [9.17, 15) is 19.2 Å². The van der Waals surface area contributed by atoms with Crippen molar-refractivity contribution in [1.82, 2.24) is 5.32 Å². The Morgan fingerprint density at radius 3 is 2.55 bits per heavy atom. The summed E-state index contributed by atoms with van der Waals surface area (Å²) in [5.74, 6) is -1.91. The number of rotatable bonds is 6. The van der Waals surface area contributed by atoms with Crippen LogP contribution in [0.3, 0.4) is 0 Å². The van der Waals surface area contributed by atoms with E-state index < -0.39 is 18.0 Å². The Morgan fingerprint density at radius 1 is 1.10 bits per heavy atom. The van der Waals surface area contributed by atoms with Crippen molar-refractivity contribution in [1.29, 1.82) is 0 Å². The molecule has 0 bridgehead atoms. The van der Waals surface area contributed by atoms with Crippen molar-refractivity contribution >= 4 is 35.1 Å². The largest absolute Gasteiger partial charge is 0.451 e. The molecule has 0 saturated carbocycles. The molecule has 150 valence electrons. The number of carbonyl (C=O) groups is 4. The third-order valence-electron chi connectivity index (χ3n) is 4.33. The lowest BCUT2D eigenvalue weighted by Gasteiger charge is -2.30. The molecule has 0 radical (unpaired) electrons. The Morgan fingerprint density at radius 2 is 1.79 bits per heavy atom. The van der Waals surface area contributed by atoms with Gasteiger partial charge < -0.3 is 15.4 Å². The molecule has 8 heteroatoms. The molecule has 8 nitrogen and oxygen atoms in total. The first-order valence-corrected chi connectivity index (χ1v) is 9.14. The number of nitrogens with zero attached hydrogens (tertiary/aromatic N) is 1. The molecule has 3 rings (SSSR count). The minimum absolute atomic E-state index is 0.141. The highest BCUT2D eigenvalue weighted by Gasteiger charge is 2.31. The average molecular weight is 395 g/mol. The van der Waals surface area contributed by atoms with Gasteiger partial charge in [-0.2, -0.15) is 0 Å². The lowest BCUT2D eigenvalue weighted by Crippen LogP contribution is -2.47. The van der Waals surface area contributed by atoms with Crippen LogP contribution < -0.4 is 15.5 Å². The summed E-state index contributed by atoms with van der Waals surface area (Å²) in [6.45, 7) is 0.924. The van der Waals surface area contributed by atoms with Crippen molar-refractivity contribution in [2.75, 3.05) is 23.3 Å². The summed E-state index contributed by atoms with van der Waals surface area (Å²) in [6.07, 6.45) is -0.963. The maximum Gasteiger partial charge on any atom is 0.326 e. The molecule has 0 aliphatic carbocycles. The Balaban J connectivity index is 1.52. The van der Waals surface area contributed by atoms with E-state index in [4.69, 9.17) is 4.74 Å². The molecule has 0 aromatic heterocycles. The van der Waals surface area contributed by atoms with Crippen molar-refractivity contribution in [3.63, 3.8) is 0 Å². The zero-order valence-corrected chi connectivity index (χ0v) is 15.9. The topological polar surface area (TPSA) is 105 Å². The summed E-state index contributed by atoms with van der Waals surface area (Å²) in [7, 11) is 0. The number of nitrogens with one attached hydrogen (secondary N) is 2. The van der Waals surface area contributed by atoms with E-state index in [1.54, 1.807) is 24.3 Å². The molecule has 1 atom stereocenters. The summed E-state index contributed by atoms with van der Waals surface area (Å²) < 4.78 is 5.14.